The number of carbonyl (C=O) groups excluding carboxylic acids is 1. The van der Waals surface area contributed by atoms with Crippen LogP contribution in [-0.4, -0.2) is 47.3 Å². The number of carbonyl (C=O) groups is 2. The highest BCUT2D eigenvalue weighted by Gasteiger charge is 2.38. The van der Waals surface area contributed by atoms with Crippen LogP contribution in [0.3, 0.4) is 0 Å². The van der Waals surface area contributed by atoms with E-state index in [0.29, 0.717) is 11.3 Å². The second-order valence-corrected chi connectivity index (χ2v) is 6.23. The third-order valence-electron chi connectivity index (χ3n) is 4.49. The number of carboxylic acids is 1. The van der Waals surface area contributed by atoms with Crippen molar-refractivity contribution >= 4 is 17.6 Å². The molecule has 3 rings (SSSR count). The number of hydrogen-bond acceptors (Lipinski definition) is 4. The molecular formula is C20H20N2O4. The van der Waals surface area contributed by atoms with Crippen LogP contribution in [0.1, 0.15) is 22.3 Å². The van der Waals surface area contributed by atoms with Gasteiger partial charge >= 0.3 is 5.97 Å². The SMILES string of the molecule is CON=C1C[C@@H](C(=O)O)N(C(=O)c2ccc(-c3ccccc3)cc2C)C1. The van der Waals surface area contributed by atoms with Crippen LogP contribution in [0.4, 0.5) is 0 Å². The van der Waals surface area contributed by atoms with Crippen molar-refractivity contribution < 1.29 is 19.5 Å². The molecule has 0 radical (unpaired) electrons. The zero-order chi connectivity index (χ0) is 18.7. The molecule has 1 atom stereocenters. The third kappa shape index (κ3) is 3.44. The molecule has 1 saturated heterocycles. The topological polar surface area (TPSA) is 79.2 Å². The normalized spacial score (nSPS) is 18.2. The van der Waals surface area contributed by atoms with E-state index in [-0.39, 0.29) is 18.9 Å². The van der Waals surface area contributed by atoms with Gasteiger partial charge in [-0.15, -0.1) is 0 Å². The second kappa shape index (κ2) is 7.39. The molecule has 1 aliphatic rings. The summed E-state index contributed by atoms with van der Waals surface area (Å²) in [5.41, 5.74) is 3.92. The molecule has 6 nitrogen and oxygen atoms in total. The monoisotopic (exact) mass is 352 g/mol. The highest BCUT2D eigenvalue weighted by atomic mass is 16.6. The Morgan fingerprint density at radius 2 is 1.88 bits per heavy atom. The zero-order valence-corrected chi connectivity index (χ0v) is 14.7. The van der Waals surface area contributed by atoms with Gasteiger partial charge in [-0.25, -0.2) is 4.79 Å². The van der Waals surface area contributed by atoms with Crippen LogP contribution < -0.4 is 0 Å². The number of aliphatic carboxylic acids is 1. The lowest BCUT2D eigenvalue weighted by Gasteiger charge is -2.22. The van der Waals surface area contributed by atoms with Crippen molar-refractivity contribution in [1.29, 1.82) is 0 Å². The van der Waals surface area contributed by atoms with E-state index in [4.69, 9.17) is 4.84 Å². The van der Waals surface area contributed by atoms with Gasteiger partial charge in [-0.1, -0.05) is 47.6 Å². The van der Waals surface area contributed by atoms with Crippen LogP contribution in [0.5, 0.6) is 0 Å². The summed E-state index contributed by atoms with van der Waals surface area (Å²) in [5.74, 6) is -1.35. The van der Waals surface area contributed by atoms with Crippen LogP contribution in [-0.2, 0) is 9.63 Å². The standard InChI is InChI=1S/C20H20N2O4/c1-13-10-15(14-6-4-3-5-7-14)8-9-17(13)19(23)22-12-16(21-26-2)11-18(22)20(24)25/h3-10,18H,11-12H2,1-2H3,(H,24,25)/t18-/m0/s1. The highest BCUT2D eigenvalue weighted by Crippen LogP contribution is 2.25. The molecule has 2 aromatic rings. The summed E-state index contributed by atoms with van der Waals surface area (Å²) >= 11 is 0. The van der Waals surface area contributed by atoms with Gasteiger partial charge in [0.05, 0.1) is 12.3 Å². The number of benzene rings is 2. The smallest absolute Gasteiger partial charge is 0.326 e. The predicted octanol–water partition coefficient (Wildman–Crippen LogP) is 2.96. The van der Waals surface area contributed by atoms with Gasteiger partial charge in [-0.3, -0.25) is 4.79 Å². The fourth-order valence-electron chi connectivity index (χ4n) is 3.20. The molecule has 0 unspecified atom stereocenters. The van der Waals surface area contributed by atoms with E-state index in [9.17, 15) is 14.7 Å². The molecular weight excluding hydrogens is 332 g/mol. The van der Waals surface area contributed by atoms with Crippen molar-refractivity contribution in [3.63, 3.8) is 0 Å². The zero-order valence-electron chi connectivity index (χ0n) is 14.7. The van der Waals surface area contributed by atoms with Crippen molar-refractivity contribution in [1.82, 2.24) is 4.90 Å². The molecule has 1 heterocycles. The molecule has 1 amide bonds. The molecule has 1 fully saturated rings. The Morgan fingerprint density at radius 1 is 1.15 bits per heavy atom. The van der Waals surface area contributed by atoms with E-state index in [1.54, 1.807) is 6.07 Å². The quantitative estimate of drug-likeness (QED) is 0.858. The average Bonchev–Trinajstić information content (AvgIpc) is 3.06. The van der Waals surface area contributed by atoms with E-state index >= 15 is 0 Å². The van der Waals surface area contributed by atoms with Gasteiger partial charge in [0.1, 0.15) is 13.2 Å². The van der Waals surface area contributed by atoms with Gasteiger partial charge in [0.2, 0.25) is 0 Å². The van der Waals surface area contributed by atoms with Crippen molar-refractivity contribution in [2.45, 2.75) is 19.4 Å². The summed E-state index contributed by atoms with van der Waals surface area (Å²) in [4.78, 5) is 30.6. The first-order valence-electron chi connectivity index (χ1n) is 8.30. The number of nitrogens with zero attached hydrogens (tertiary/aromatic N) is 2. The van der Waals surface area contributed by atoms with Gasteiger partial charge in [-0.2, -0.15) is 0 Å². The van der Waals surface area contributed by atoms with E-state index in [1.807, 2.05) is 49.4 Å². The molecule has 134 valence electrons. The highest BCUT2D eigenvalue weighted by molar-refractivity contribution is 6.05. The Bertz CT molecular complexity index is 861. The average molecular weight is 352 g/mol. The van der Waals surface area contributed by atoms with Crippen molar-refractivity contribution in [3.05, 3.63) is 59.7 Å². The molecule has 1 aliphatic heterocycles. The fourth-order valence-corrected chi connectivity index (χ4v) is 3.20. The van der Waals surface area contributed by atoms with Crippen molar-refractivity contribution in [2.75, 3.05) is 13.7 Å². The molecule has 0 bridgehead atoms. The number of rotatable bonds is 4. The van der Waals surface area contributed by atoms with Crippen LogP contribution in [0, 0.1) is 6.92 Å². The Kier molecular flexibility index (Phi) is 5.02. The Labute approximate surface area is 151 Å². The summed E-state index contributed by atoms with van der Waals surface area (Å²) in [5, 5.41) is 13.3. The van der Waals surface area contributed by atoms with Crippen LogP contribution in [0.2, 0.25) is 0 Å². The minimum Gasteiger partial charge on any atom is -0.480 e. The lowest BCUT2D eigenvalue weighted by atomic mass is 9.99. The molecule has 1 N–H and O–H groups in total. The lowest BCUT2D eigenvalue weighted by molar-refractivity contribution is -0.141. The number of likely N-dealkylation sites (tertiary alicyclic amines) is 1. The van der Waals surface area contributed by atoms with Crippen molar-refractivity contribution in [2.24, 2.45) is 5.16 Å². The third-order valence-corrected chi connectivity index (χ3v) is 4.49. The maximum absolute atomic E-state index is 12.9. The van der Waals surface area contributed by atoms with Gasteiger partial charge < -0.3 is 14.8 Å². The number of carboxylic acid groups (broad SMARTS) is 1. The molecule has 0 aliphatic carbocycles. The van der Waals surface area contributed by atoms with Gasteiger partial charge in [0.15, 0.2) is 0 Å². The molecule has 26 heavy (non-hydrogen) atoms. The largest absolute Gasteiger partial charge is 0.480 e. The Hall–Kier alpha value is -3.15. The minimum atomic E-state index is -1.04. The fraction of sp³-hybridized carbons (Fsp3) is 0.250. The molecule has 2 aromatic carbocycles. The molecule has 6 heteroatoms. The summed E-state index contributed by atoms with van der Waals surface area (Å²) in [6, 6.07) is 14.5. The lowest BCUT2D eigenvalue weighted by Crippen LogP contribution is -2.40. The summed E-state index contributed by atoms with van der Waals surface area (Å²) in [6.07, 6.45) is 0.177. The van der Waals surface area contributed by atoms with Gasteiger partial charge in [0, 0.05) is 12.0 Å². The summed E-state index contributed by atoms with van der Waals surface area (Å²) < 4.78 is 0. The van der Waals surface area contributed by atoms with E-state index < -0.39 is 12.0 Å². The molecule has 0 spiro atoms. The maximum Gasteiger partial charge on any atom is 0.326 e. The number of aryl methyl sites for hydroxylation is 1. The first-order chi connectivity index (χ1) is 12.5. The maximum atomic E-state index is 12.9. The predicted molar refractivity (Wildman–Crippen MR) is 98.1 cm³/mol. The second-order valence-electron chi connectivity index (χ2n) is 6.23. The first-order valence-corrected chi connectivity index (χ1v) is 8.30. The van der Waals surface area contributed by atoms with E-state index in [2.05, 4.69) is 5.16 Å². The van der Waals surface area contributed by atoms with Crippen LogP contribution in [0.25, 0.3) is 11.1 Å². The van der Waals surface area contributed by atoms with Crippen LogP contribution >= 0.6 is 0 Å². The first kappa shape index (κ1) is 17.7. The molecule has 0 aromatic heterocycles. The van der Waals surface area contributed by atoms with E-state index in [1.165, 1.54) is 12.0 Å². The number of oxime groups is 1. The Balaban J connectivity index is 1.90. The van der Waals surface area contributed by atoms with E-state index in [0.717, 1.165) is 16.7 Å². The summed E-state index contributed by atoms with van der Waals surface area (Å²) in [6.45, 7) is 2.01. The van der Waals surface area contributed by atoms with Gasteiger partial charge in [-0.05, 0) is 29.7 Å². The summed E-state index contributed by atoms with van der Waals surface area (Å²) in [7, 11) is 1.40. The van der Waals surface area contributed by atoms with Crippen molar-refractivity contribution in [3.8, 4) is 11.1 Å². The molecule has 0 saturated carbocycles. The minimum absolute atomic E-state index is 0.156. The Morgan fingerprint density at radius 3 is 2.50 bits per heavy atom. The van der Waals surface area contributed by atoms with Gasteiger partial charge in [0.25, 0.3) is 5.91 Å². The van der Waals surface area contributed by atoms with Crippen LogP contribution in [0.15, 0.2) is 53.7 Å². The number of hydrogen-bond donors (Lipinski definition) is 1. The number of amides is 1.